The minimum Gasteiger partial charge on any atom is -0.493 e. The molecule has 6 heteroatoms. The summed E-state index contributed by atoms with van der Waals surface area (Å²) >= 11 is 3.33. The molecule has 1 heterocycles. The van der Waals surface area contributed by atoms with Crippen LogP contribution in [0.3, 0.4) is 0 Å². The highest BCUT2D eigenvalue weighted by atomic mass is 32.2. The minimum absolute atomic E-state index is 0.0248. The third kappa shape index (κ3) is 4.99. The Bertz CT molecular complexity index is 906. The molecule has 3 rings (SSSR count). The average molecular weight is 387 g/mol. The number of rotatable bonds is 7. The van der Waals surface area contributed by atoms with Gasteiger partial charge in [0.05, 0.1) is 16.8 Å². The molecule has 2 aromatic carbocycles. The molecule has 1 amide bonds. The molecule has 0 aliphatic carbocycles. The molecule has 1 aromatic heterocycles. The first-order valence-electron chi connectivity index (χ1n) is 8.55. The topological polar surface area (TPSA) is 51.2 Å². The fraction of sp³-hybridized carbons (Fsp3) is 0.300. The Hall–Kier alpha value is -2.05. The number of nitrogens with zero attached hydrogens (tertiary/aromatic N) is 1. The maximum absolute atomic E-state index is 11.8. The zero-order chi connectivity index (χ0) is 18.5. The highest BCUT2D eigenvalue weighted by Crippen LogP contribution is 2.31. The van der Waals surface area contributed by atoms with Crippen LogP contribution in [0.25, 0.3) is 10.2 Å². The number of hydrogen-bond donors (Lipinski definition) is 1. The summed E-state index contributed by atoms with van der Waals surface area (Å²) < 4.78 is 7.87. The summed E-state index contributed by atoms with van der Waals surface area (Å²) in [5.41, 5.74) is 2.97. The van der Waals surface area contributed by atoms with E-state index in [9.17, 15) is 4.79 Å². The van der Waals surface area contributed by atoms with E-state index in [4.69, 9.17) is 4.74 Å². The van der Waals surface area contributed by atoms with Gasteiger partial charge in [0.2, 0.25) is 5.91 Å². The first-order valence-corrected chi connectivity index (χ1v) is 10.4. The van der Waals surface area contributed by atoms with Crippen LogP contribution in [-0.2, 0) is 4.79 Å². The number of aryl methyl sites for hydroxylation is 1. The van der Waals surface area contributed by atoms with Crippen molar-refractivity contribution in [3.8, 4) is 5.75 Å². The van der Waals surface area contributed by atoms with Gasteiger partial charge in [-0.25, -0.2) is 4.98 Å². The second kappa shape index (κ2) is 8.56. The lowest BCUT2D eigenvalue weighted by Gasteiger charge is -2.06. The Labute approximate surface area is 162 Å². The van der Waals surface area contributed by atoms with Crippen molar-refractivity contribution in [1.29, 1.82) is 0 Å². The van der Waals surface area contributed by atoms with Crippen molar-refractivity contribution in [1.82, 2.24) is 4.98 Å². The van der Waals surface area contributed by atoms with E-state index in [1.807, 2.05) is 50.2 Å². The molecule has 4 nitrogen and oxygen atoms in total. The maximum Gasteiger partial charge on any atom is 0.226 e. The van der Waals surface area contributed by atoms with Gasteiger partial charge in [0.25, 0.3) is 0 Å². The minimum atomic E-state index is -0.0355. The van der Waals surface area contributed by atoms with E-state index in [1.54, 1.807) is 23.1 Å². The zero-order valence-corrected chi connectivity index (χ0v) is 16.7. The molecule has 0 saturated heterocycles. The Balaban J connectivity index is 1.56. The van der Waals surface area contributed by atoms with Crippen molar-refractivity contribution < 1.29 is 9.53 Å². The van der Waals surface area contributed by atoms with E-state index in [-0.39, 0.29) is 11.8 Å². The molecule has 1 N–H and O–H groups in total. The number of thioether (sulfide) groups is 1. The van der Waals surface area contributed by atoms with Crippen molar-refractivity contribution in [3.63, 3.8) is 0 Å². The lowest BCUT2D eigenvalue weighted by atomic mass is 10.2. The van der Waals surface area contributed by atoms with Crippen molar-refractivity contribution in [2.24, 2.45) is 5.92 Å². The number of benzene rings is 2. The van der Waals surface area contributed by atoms with Crippen LogP contribution in [0, 0.1) is 12.8 Å². The molecule has 0 atom stereocenters. The smallest absolute Gasteiger partial charge is 0.226 e. The van der Waals surface area contributed by atoms with Crippen molar-refractivity contribution >= 4 is 44.9 Å². The van der Waals surface area contributed by atoms with Gasteiger partial charge in [0, 0.05) is 17.4 Å². The van der Waals surface area contributed by atoms with E-state index >= 15 is 0 Å². The predicted molar refractivity (Wildman–Crippen MR) is 110 cm³/mol. The van der Waals surface area contributed by atoms with E-state index < -0.39 is 0 Å². The highest BCUT2D eigenvalue weighted by molar-refractivity contribution is 8.01. The molecule has 0 fully saturated rings. The molecule has 3 aromatic rings. The SMILES string of the molecule is Cc1cccc(OCCSc2nc3ccc(NC(=O)C(C)C)cc3s2)c1. The number of anilines is 1. The van der Waals surface area contributed by atoms with Crippen molar-refractivity contribution in [2.45, 2.75) is 25.1 Å². The van der Waals surface area contributed by atoms with Crippen LogP contribution in [0.5, 0.6) is 5.75 Å². The van der Waals surface area contributed by atoms with Crippen LogP contribution in [0.15, 0.2) is 46.8 Å². The highest BCUT2D eigenvalue weighted by Gasteiger charge is 2.09. The number of amides is 1. The quantitative estimate of drug-likeness (QED) is 0.438. The van der Waals surface area contributed by atoms with E-state index in [0.717, 1.165) is 31.7 Å². The van der Waals surface area contributed by atoms with Gasteiger partial charge in [-0.15, -0.1) is 11.3 Å². The summed E-state index contributed by atoms with van der Waals surface area (Å²) in [6, 6.07) is 13.9. The van der Waals surface area contributed by atoms with E-state index in [0.29, 0.717) is 6.61 Å². The first-order chi connectivity index (χ1) is 12.5. The van der Waals surface area contributed by atoms with Gasteiger partial charge >= 0.3 is 0 Å². The van der Waals surface area contributed by atoms with Gasteiger partial charge in [-0.05, 0) is 42.8 Å². The second-order valence-electron chi connectivity index (χ2n) is 6.32. The predicted octanol–water partition coefficient (Wildman–Crippen LogP) is 5.37. The number of carbonyl (C=O) groups is 1. The summed E-state index contributed by atoms with van der Waals surface area (Å²) in [5, 5.41) is 2.93. The zero-order valence-electron chi connectivity index (χ0n) is 15.1. The normalized spacial score (nSPS) is 11.1. The molecular weight excluding hydrogens is 364 g/mol. The fourth-order valence-electron chi connectivity index (χ4n) is 2.32. The Morgan fingerprint density at radius 2 is 2.12 bits per heavy atom. The maximum atomic E-state index is 11.8. The van der Waals surface area contributed by atoms with Crippen LogP contribution in [0.4, 0.5) is 5.69 Å². The monoisotopic (exact) mass is 386 g/mol. The fourth-order valence-corrected chi connectivity index (χ4v) is 4.32. The Morgan fingerprint density at radius 3 is 2.88 bits per heavy atom. The van der Waals surface area contributed by atoms with Gasteiger partial charge in [0.15, 0.2) is 4.34 Å². The molecule has 0 bridgehead atoms. The first kappa shape index (κ1) is 18.7. The van der Waals surface area contributed by atoms with E-state index in [1.165, 1.54) is 5.56 Å². The molecule has 26 heavy (non-hydrogen) atoms. The number of thiazole rings is 1. The molecule has 0 unspecified atom stereocenters. The van der Waals surface area contributed by atoms with E-state index in [2.05, 4.69) is 23.3 Å². The summed E-state index contributed by atoms with van der Waals surface area (Å²) in [6.07, 6.45) is 0. The average Bonchev–Trinajstić information content (AvgIpc) is 3.00. The van der Waals surface area contributed by atoms with Crippen LogP contribution in [0.1, 0.15) is 19.4 Å². The number of carbonyl (C=O) groups excluding carboxylic acids is 1. The third-order valence-electron chi connectivity index (χ3n) is 3.73. The largest absolute Gasteiger partial charge is 0.493 e. The number of nitrogens with one attached hydrogen (secondary N) is 1. The lowest BCUT2D eigenvalue weighted by Crippen LogP contribution is -2.17. The molecule has 0 spiro atoms. The lowest BCUT2D eigenvalue weighted by molar-refractivity contribution is -0.118. The number of fused-ring (bicyclic) bond motifs is 1. The second-order valence-corrected chi connectivity index (χ2v) is 8.69. The molecular formula is C20H22N2O2S2. The summed E-state index contributed by atoms with van der Waals surface area (Å²) in [4.78, 5) is 16.5. The van der Waals surface area contributed by atoms with Gasteiger partial charge < -0.3 is 10.1 Å². The van der Waals surface area contributed by atoms with Crippen molar-refractivity contribution in [3.05, 3.63) is 48.0 Å². The molecule has 0 radical (unpaired) electrons. The Kier molecular flexibility index (Phi) is 6.16. The number of ether oxygens (including phenoxy) is 1. The molecule has 136 valence electrons. The van der Waals surface area contributed by atoms with Crippen LogP contribution in [-0.4, -0.2) is 23.3 Å². The van der Waals surface area contributed by atoms with Crippen LogP contribution >= 0.6 is 23.1 Å². The molecule has 0 saturated carbocycles. The van der Waals surface area contributed by atoms with Gasteiger partial charge in [-0.3, -0.25) is 4.79 Å². The number of aromatic nitrogens is 1. The van der Waals surface area contributed by atoms with Crippen LogP contribution < -0.4 is 10.1 Å². The van der Waals surface area contributed by atoms with Gasteiger partial charge in [-0.1, -0.05) is 37.7 Å². The standard InChI is InChI=1S/C20H22N2O2S2/c1-13(2)19(23)21-15-7-8-17-18(12-15)26-20(22-17)25-10-9-24-16-6-4-5-14(3)11-16/h4-8,11-13H,9-10H2,1-3H3,(H,21,23). The van der Waals surface area contributed by atoms with Gasteiger partial charge in [0.1, 0.15) is 5.75 Å². The summed E-state index contributed by atoms with van der Waals surface area (Å²) in [7, 11) is 0. The van der Waals surface area contributed by atoms with Gasteiger partial charge in [-0.2, -0.15) is 0 Å². The third-order valence-corrected chi connectivity index (χ3v) is 5.85. The summed E-state index contributed by atoms with van der Waals surface area (Å²) in [6.45, 7) is 6.46. The van der Waals surface area contributed by atoms with Crippen LogP contribution in [0.2, 0.25) is 0 Å². The molecule has 0 aliphatic rings. The Morgan fingerprint density at radius 1 is 1.27 bits per heavy atom. The molecule has 0 aliphatic heterocycles. The van der Waals surface area contributed by atoms with Crippen molar-refractivity contribution in [2.75, 3.05) is 17.7 Å². The number of hydrogen-bond acceptors (Lipinski definition) is 5. The summed E-state index contributed by atoms with van der Waals surface area (Å²) in [5.74, 6) is 1.73.